The summed E-state index contributed by atoms with van der Waals surface area (Å²) in [4.78, 5) is 3.61. The van der Waals surface area contributed by atoms with Gasteiger partial charge in [-0.3, -0.25) is 0 Å². The van der Waals surface area contributed by atoms with Gasteiger partial charge in [-0.05, 0) is 74.2 Å². The molecule has 0 aliphatic carbocycles. The fraction of sp³-hybridized carbons (Fsp3) is 0.214. The quantitative estimate of drug-likeness (QED) is 0.321. The second-order valence-electron chi connectivity index (χ2n) is 8.62. The molecule has 0 unspecified atom stereocenters. The van der Waals surface area contributed by atoms with Gasteiger partial charge in [-0.1, -0.05) is 49.2 Å². The van der Waals surface area contributed by atoms with Crippen LogP contribution < -0.4 is 0 Å². The Kier molecular flexibility index (Phi) is 5.14. The van der Waals surface area contributed by atoms with Crippen molar-refractivity contribution >= 4 is 10.9 Å². The van der Waals surface area contributed by atoms with Gasteiger partial charge in [0.15, 0.2) is 0 Å². The van der Waals surface area contributed by atoms with Gasteiger partial charge in [0.2, 0.25) is 11.8 Å². The van der Waals surface area contributed by atoms with E-state index < -0.39 is 0 Å². The van der Waals surface area contributed by atoms with Gasteiger partial charge >= 0.3 is 0 Å². The van der Waals surface area contributed by atoms with Gasteiger partial charge in [0, 0.05) is 33.3 Å². The molecule has 0 spiro atoms. The zero-order valence-electron chi connectivity index (χ0n) is 19.0. The molecule has 0 radical (unpaired) electrons. The molecule has 0 amide bonds. The van der Waals surface area contributed by atoms with E-state index in [1.807, 2.05) is 30.3 Å². The Morgan fingerprint density at radius 1 is 0.781 bits per heavy atom. The smallest absolute Gasteiger partial charge is 0.248 e. The second kappa shape index (κ2) is 8.12. The van der Waals surface area contributed by atoms with Crippen LogP contribution in [0, 0.1) is 20.8 Å². The number of aromatic nitrogens is 3. The Morgan fingerprint density at radius 3 is 2.12 bits per heavy atom. The molecule has 0 fully saturated rings. The molecule has 5 aromatic rings. The topological polar surface area (TPSA) is 54.7 Å². The molecule has 4 heteroatoms. The lowest BCUT2D eigenvalue weighted by molar-refractivity contribution is 0.584. The van der Waals surface area contributed by atoms with Crippen LogP contribution >= 0.6 is 0 Å². The summed E-state index contributed by atoms with van der Waals surface area (Å²) in [5.41, 5.74) is 10.5. The highest BCUT2D eigenvalue weighted by Crippen LogP contribution is 2.33. The number of aromatic amines is 1. The minimum atomic E-state index is 0.523. The van der Waals surface area contributed by atoms with E-state index in [4.69, 9.17) is 4.42 Å². The molecule has 0 atom stereocenters. The lowest BCUT2D eigenvalue weighted by Gasteiger charge is -2.11. The van der Waals surface area contributed by atoms with Gasteiger partial charge in [-0.25, -0.2) is 0 Å². The van der Waals surface area contributed by atoms with Crippen LogP contribution in [0.2, 0.25) is 0 Å². The summed E-state index contributed by atoms with van der Waals surface area (Å²) in [5, 5.41) is 9.69. The first-order valence-corrected chi connectivity index (χ1v) is 11.2. The van der Waals surface area contributed by atoms with Crippen molar-refractivity contribution in [2.45, 2.75) is 40.5 Å². The zero-order valence-corrected chi connectivity index (χ0v) is 19.0. The molecule has 3 aromatic carbocycles. The molecule has 2 aromatic heterocycles. The first-order chi connectivity index (χ1) is 15.5. The molecule has 5 rings (SSSR count). The highest BCUT2D eigenvalue weighted by Gasteiger charge is 2.14. The Labute approximate surface area is 188 Å². The van der Waals surface area contributed by atoms with Crippen molar-refractivity contribution in [1.29, 1.82) is 0 Å². The number of rotatable bonds is 5. The van der Waals surface area contributed by atoms with Crippen LogP contribution in [-0.4, -0.2) is 15.2 Å². The fourth-order valence-corrected chi connectivity index (χ4v) is 4.46. The summed E-state index contributed by atoms with van der Waals surface area (Å²) in [7, 11) is 0. The highest BCUT2D eigenvalue weighted by molar-refractivity contribution is 5.89. The number of nitrogens with zero attached hydrogens (tertiary/aromatic N) is 2. The number of hydrogen-bond donors (Lipinski definition) is 1. The summed E-state index contributed by atoms with van der Waals surface area (Å²) < 4.78 is 5.97. The third-order valence-corrected chi connectivity index (χ3v) is 5.99. The monoisotopic (exact) mass is 421 g/mol. The van der Waals surface area contributed by atoms with E-state index in [9.17, 15) is 0 Å². The molecular weight excluding hydrogens is 394 g/mol. The van der Waals surface area contributed by atoms with Crippen LogP contribution in [0.1, 0.15) is 35.6 Å². The minimum Gasteiger partial charge on any atom is -0.416 e. The molecule has 0 saturated heterocycles. The maximum atomic E-state index is 5.97. The molecule has 0 saturated carbocycles. The molecule has 4 nitrogen and oxygen atoms in total. The molecule has 0 aliphatic heterocycles. The van der Waals surface area contributed by atoms with E-state index in [0.717, 1.165) is 35.2 Å². The third-order valence-electron chi connectivity index (χ3n) is 5.99. The molecule has 1 N–H and O–H groups in total. The Bertz CT molecular complexity index is 1380. The van der Waals surface area contributed by atoms with Crippen LogP contribution in [0.15, 0.2) is 65.1 Å². The normalized spacial score (nSPS) is 11.4. The summed E-state index contributed by atoms with van der Waals surface area (Å²) in [5.74, 6) is 1.06. The van der Waals surface area contributed by atoms with Crippen LogP contribution in [0.3, 0.4) is 0 Å². The average molecular weight is 422 g/mol. The maximum absolute atomic E-state index is 5.97. The summed E-state index contributed by atoms with van der Waals surface area (Å²) in [6, 6.07) is 21.2. The standard InChI is InChI=1S/C28H27N3O/c1-5-6-20-13-18(3)26(19(4)14-20)25-15-22-11-12-23(16-24(22)29-25)28-31-30-27(32-28)21-9-7-17(2)8-10-21/h7-16,29H,5-6H2,1-4H3. The Hall–Kier alpha value is -3.66. The Morgan fingerprint density at radius 2 is 1.44 bits per heavy atom. The largest absolute Gasteiger partial charge is 0.416 e. The molecule has 0 bridgehead atoms. The third kappa shape index (κ3) is 3.73. The van der Waals surface area contributed by atoms with E-state index in [1.165, 1.54) is 33.2 Å². The number of H-pyrrole nitrogens is 1. The SMILES string of the molecule is CCCc1cc(C)c(-c2cc3ccc(-c4nnc(-c5ccc(C)cc5)o4)cc3[nH]2)c(C)c1. The lowest BCUT2D eigenvalue weighted by Crippen LogP contribution is -1.93. The fourth-order valence-electron chi connectivity index (χ4n) is 4.46. The molecule has 2 heterocycles. The van der Waals surface area contributed by atoms with Gasteiger partial charge in [0.25, 0.3) is 0 Å². The summed E-state index contributed by atoms with van der Waals surface area (Å²) >= 11 is 0. The van der Waals surface area contributed by atoms with Gasteiger partial charge in [-0.15, -0.1) is 10.2 Å². The van der Waals surface area contributed by atoms with E-state index in [-0.39, 0.29) is 0 Å². The van der Waals surface area contributed by atoms with Crippen LogP contribution in [0.5, 0.6) is 0 Å². The highest BCUT2D eigenvalue weighted by atomic mass is 16.4. The predicted octanol–water partition coefficient (Wildman–Crippen LogP) is 7.43. The Balaban J connectivity index is 1.50. The number of fused-ring (bicyclic) bond motifs is 1. The van der Waals surface area contributed by atoms with Crippen LogP contribution in [-0.2, 0) is 6.42 Å². The maximum Gasteiger partial charge on any atom is 0.248 e. The van der Waals surface area contributed by atoms with Crippen molar-refractivity contribution in [1.82, 2.24) is 15.2 Å². The van der Waals surface area contributed by atoms with Crippen molar-refractivity contribution in [3.8, 4) is 34.2 Å². The van der Waals surface area contributed by atoms with Gasteiger partial charge in [0.1, 0.15) is 0 Å². The van der Waals surface area contributed by atoms with Gasteiger partial charge in [0.05, 0.1) is 0 Å². The van der Waals surface area contributed by atoms with E-state index in [1.54, 1.807) is 0 Å². The number of hydrogen-bond acceptors (Lipinski definition) is 3. The van der Waals surface area contributed by atoms with E-state index in [0.29, 0.717) is 11.8 Å². The lowest BCUT2D eigenvalue weighted by atomic mass is 9.95. The molecule has 32 heavy (non-hydrogen) atoms. The van der Waals surface area contributed by atoms with Crippen molar-refractivity contribution in [3.05, 3.63) is 82.9 Å². The van der Waals surface area contributed by atoms with Gasteiger partial charge in [-0.2, -0.15) is 0 Å². The van der Waals surface area contributed by atoms with Gasteiger partial charge < -0.3 is 9.40 Å². The molecular formula is C28H27N3O. The summed E-state index contributed by atoms with van der Waals surface area (Å²) in [6.07, 6.45) is 2.28. The minimum absolute atomic E-state index is 0.523. The van der Waals surface area contributed by atoms with Crippen molar-refractivity contribution in [2.24, 2.45) is 0 Å². The zero-order chi connectivity index (χ0) is 22.2. The van der Waals surface area contributed by atoms with E-state index >= 15 is 0 Å². The molecule has 160 valence electrons. The summed E-state index contributed by atoms with van der Waals surface area (Å²) in [6.45, 7) is 8.68. The predicted molar refractivity (Wildman–Crippen MR) is 131 cm³/mol. The van der Waals surface area contributed by atoms with Crippen LogP contribution in [0.4, 0.5) is 0 Å². The van der Waals surface area contributed by atoms with Crippen molar-refractivity contribution in [2.75, 3.05) is 0 Å². The number of benzene rings is 3. The van der Waals surface area contributed by atoms with Crippen molar-refractivity contribution in [3.63, 3.8) is 0 Å². The number of nitrogens with one attached hydrogen (secondary N) is 1. The van der Waals surface area contributed by atoms with Crippen LogP contribution in [0.25, 0.3) is 45.1 Å². The number of aryl methyl sites for hydroxylation is 4. The first-order valence-electron chi connectivity index (χ1n) is 11.2. The second-order valence-corrected chi connectivity index (χ2v) is 8.62. The average Bonchev–Trinajstić information content (AvgIpc) is 3.41. The van der Waals surface area contributed by atoms with E-state index in [2.05, 4.69) is 73.2 Å². The first kappa shape index (κ1) is 20.3. The molecule has 0 aliphatic rings. The van der Waals surface area contributed by atoms with Crippen molar-refractivity contribution < 1.29 is 4.42 Å².